The second-order valence-electron chi connectivity index (χ2n) is 17.3. The normalized spacial score (nSPS) is 18.6. The van der Waals surface area contributed by atoms with Crippen molar-refractivity contribution < 1.29 is 74.2 Å². The Hall–Kier alpha value is -4.43. The number of nitrogens with zero attached hydrogens (tertiary/aromatic N) is 2. The van der Waals surface area contributed by atoms with Gasteiger partial charge in [-0.3, -0.25) is 22.8 Å². The van der Waals surface area contributed by atoms with E-state index in [-0.39, 0.29) is 42.4 Å². The van der Waals surface area contributed by atoms with Crippen LogP contribution >= 0.6 is 0 Å². The zero-order valence-electron chi connectivity index (χ0n) is 36.4. The SMILES string of the molecule is CC(=O)CCCCC[N+]1=C(C=CC=C2N(CCCS(=O)(=O)O)c3ccc4ccc(S(=O)(=O)O)cc4c3C2(C)CCCS(=O)(=O)O)C(C)(C)c2c1ccc1c(S(=O)(=O)O)cc(S(=O)(=O)O)cc21. The summed E-state index contributed by atoms with van der Waals surface area (Å²) in [5.41, 5.74) is 0.855. The Labute approximate surface area is 384 Å². The molecule has 0 saturated carbocycles. The molecular formula is C43H51N2O16S5+. The van der Waals surface area contributed by atoms with Crippen LogP contribution in [0.2, 0.25) is 0 Å². The van der Waals surface area contributed by atoms with E-state index in [2.05, 4.69) is 0 Å². The van der Waals surface area contributed by atoms with Crippen LogP contribution in [0.25, 0.3) is 21.5 Å². The van der Waals surface area contributed by atoms with Gasteiger partial charge in [-0.2, -0.15) is 46.7 Å². The summed E-state index contributed by atoms with van der Waals surface area (Å²) in [6.45, 7) is 7.25. The monoisotopic (exact) mass is 1010 g/mol. The van der Waals surface area contributed by atoms with Gasteiger partial charge in [0.05, 0.1) is 26.7 Å². The Kier molecular flexibility index (Phi) is 14.1. The highest BCUT2D eigenvalue weighted by molar-refractivity contribution is 7.87. The Morgan fingerprint density at radius 1 is 0.667 bits per heavy atom. The zero-order chi connectivity index (χ0) is 49.0. The molecule has 23 heteroatoms. The van der Waals surface area contributed by atoms with E-state index in [1.54, 1.807) is 48.3 Å². The number of fused-ring (bicyclic) bond motifs is 6. The number of allylic oxidation sites excluding steroid dienone is 4. The quantitative estimate of drug-likeness (QED) is 0.0384. The summed E-state index contributed by atoms with van der Waals surface area (Å²) in [6, 6.07) is 12.3. The molecular weight excluding hydrogens is 961 g/mol. The lowest BCUT2D eigenvalue weighted by Gasteiger charge is -2.31. The zero-order valence-corrected chi connectivity index (χ0v) is 40.5. The number of hydrogen-bond acceptors (Lipinski definition) is 12. The van der Waals surface area contributed by atoms with Crippen LogP contribution in [-0.4, -0.2) is 106 Å². The second-order valence-corrected chi connectivity index (χ2v) is 24.7. The highest BCUT2D eigenvalue weighted by atomic mass is 32.2. The minimum atomic E-state index is -5.02. The molecule has 0 aliphatic carbocycles. The fourth-order valence-corrected chi connectivity index (χ4v) is 12.2. The van der Waals surface area contributed by atoms with Crippen molar-refractivity contribution in [1.29, 1.82) is 0 Å². The largest absolute Gasteiger partial charge is 0.344 e. The first-order chi connectivity index (χ1) is 30.3. The maximum atomic E-state index is 12.7. The van der Waals surface area contributed by atoms with Crippen LogP contribution in [0.3, 0.4) is 0 Å². The molecule has 2 aliphatic heterocycles. The average Bonchev–Trinajstić information content (AvgIpc) is 3.54. The molecule has 0 bridgehead atoms. The Bertz CT molecular complexity index is 3340. The Morgan fingerprint density at radius 2 is 1.29 bits per heavy atom. The van der Waals surface area contributed by atoms with Gasteiger partial charge in [-0.15, -0.1) is 0 Å². The molecule has 2 heterocycles. The first-order valence-corrected chi connectivity index (χ1v) is 28.2. The van der Waals surface area contributed by atoms with Crippen molar-refractivity contribution in [2.24, 2.45) is 0 Å². The third-order valence-electron chi connectivity index (χ3n) is 12.2. The molecule has 0 fully saturated rings. The summed E-state index contributed by atoms with van der Waals surface area (Å²) in [5, 5.41) is 1.03. The number of carbonyl (C=O) groups excluding carboxylic acids is 1. The van der Waals surface area contributed by atoms with Crippen molar-refractivity contribution in [2.75, 3.05) is 29.5 Å². The van der Waals surface area contributed by atoms with Gasteiger partial charge in [0.1, 0.15) is 17.2 Å². The summed E-state index contributed by atoms with van der Waals surface area (Å²) >= 11 is 0. The number of ketones is 1. The number of unbranched alkanes of at least 4 members (excludes halogenated alkanes) is 2. The summed E-state index contributed by atoms with van der Waals surface area (Å²) in [7, 11) is -23.6. The summed E-state index contributed by atoms with van der Waals surface area (Å²) in [4.78, 5) is 11.6. The second kappa shape index (κ2) is 18.2. The number of anilines is 1. The van der Waals surface area contributed by atoms with Gasteiger partial charge in [-0.25, -0.2) is 0 Å². The molecule has 0 amide bonds. The molecule has 66 heavy (non-hydrogen) atoms. The minimum absolute atomic E-state index is 0.0120. The van der Waals surface area contributed by atoms with Crippen molar-refractivity contribution in [3.05, 3.63) is 89.6 Å². The predicted octanol–water partition coefficient (Wildman–Crippen LogP) is 6.42. The van der Waals surface area contributed by atoms with E-state index >= 15 is 0 Å². The molecule has 18 nitrogen and oxygen atoms in total. The first-order valence-electron chi connectivity index (χ1n) is 20.7. The van der Waals surface area contributed by atoms with E-state index in [9.17, 15) is 69.6 Å². The third kappa shape index (κ3) is 10.8. The first kappa shape index (κ1) is 51.0. The molecule has 0 aromatic heterocycles. The van der Waals surface area contributed by atoms with Crippen molar-refractivity contribution in [3.63, 3.8) is 0 Å². The number of Topliss-reactive ketones (excluding diaryl/α,β-unsaturated/α-hetero) is 1. The minimum Gasteiger partial charge on any atom is -0.344 e. The van der Waals surface area contributed by atoms with Gasteiger partial charge in [0.2, 0.25) is 5.69 Å². The molecule has 5 N–H and O–H groups in total. The smallest absolute Gasteiger partial charge is 0.295 e. The van der Waals surface area contributed by atoms with Gasteiger partial charge >= 0.3 is 0 Å². The summed E-state index contributed by atoms with van der Waals surface area (Å²) < 4.78 is 175. The third-order valence-corrected chi connectivity index (χ3v) is 16.4. The molecule has 358 valence electrons. The van der Waals surface area contributed by atoms with Gasteiger partial charge < -0.3 is 9.69 Å². The van der Waals surface area contributed by atoms with Crippen molar-refractivity contribution in [3.8, 4) is 0 Å². The van der Waals surface area contributed by atoms with Crippen LogP contribution in [0.15, 0.2) is 93.2 Å². The fraction of sp³-hybridized carbons (Fsp3) is 0.395. The highest BCUT2D eigenvalue weighted by Gasteiger charge is 2.47. The van der Waals surface area contributed by atoms with Crippen LogP contribution in [0.4, 0.5) is 11.4 Å². The fourth-order valence-electron chi connectivity index (χ4n) is 9.38. The lowest BCUT2D eigenvalue weighted by atomic mass is 9.75. The molecule has 4 aromatic rings. The van der Waals surface area contributed by atoms with Gasteiger partial charge in [-0.1, -0.05) is 18.2 Å². The topological polar surface area (TPSA) is 295 Å². The standard InChI is InChI=1S/C43H50N2O16S5/c1-28(46)11-6-5-7-21-44-35-19-17-32-34(26-31(65(56,57)58)27-37(32)66(59,60)61)40(35)42(2,3)38(44)12-8-13-39-43(4,20-9-23-62(47,48)49)41-33-25-30(64(53,54)55)16-14-29(33)15-18-36(41)45(39)22-10-24-63(50,51)52/h8,12-19,25-27H,5-7,9-11,20-24H2,1-4H3,(H4-,47,48,49,50,51,52,53,54,55,56,57,58,59,60,61)/p+1. The van der Waals surface area contributed by atoms with Crippen molar-refractivity contribution >= 4 is 95.0 Å². The van der Waals surface area contributed by atoms with Crippen LogP contribution < -0.4 is 4.90 Å². The van der Waals surface area contributed by atoms with Crippen LogP contribution in [0, 0.1) is 0 Å². The lowest BCUT2D eigenvalue weighted by Crippen LogP contribution is -2.31. The Morgan fingerprint density at radius 3 is 1.89 bits per heavy atom. The lowest BCUT2D eigenvalue weighted by molar-refractivity contribution is -0.438. The van der Waals surface area contributed by atoms with Gasteiger partial charge in [0.15, 0.2) is 5.71 Å². The molecule has 4 aromatic carbocycles. The van der Waals surface area contributed by atoms with E-state index in [1.807, 2.05) is 18.4 Å². The predicted molar refractivity (Wildman–Crippen MR) is 248 cm³/mol. The number of benzene rings is 4. The maximum Gasteiger partial charge on any atom is 0.295 e. The van der Waals surface area contributed by atoms with E-state index < -0.39 is 87.6 Å². The molecule has 0 spiro atoms. The van der Waals surface area contributed by atoms with E-state index in [4.69, 9.17) is 0 Å². The highest BCUT2D eigenvalue weighted by Crippen LogP contribution is 2.54. The van der Waals surface area contributed by atoms with Crippen LogP contribution in [0.1, 0.15) is 83.8 Å². The molecule has 2 aliphatic rings. The van der Waals surface area contributed by atoms with Gasteiger partial charge in [0, 0.05) is 59.3 Å². The van der Waals surface area contributed by atoms with Gasteiger partial charge in [0.25, 0.3) is 50.6 Å². The van der Waals surface area contributed by atoms with Crippen molar-refractivity contribution in [2.45, 2.75) is 98.2 Å². The summed E-state index contributed by atoms with van der Waals surface area (Å²) in [6.07, 6.45) is 7.20. The number of carbonyl (C=O) groups is 1. The number of rotatable bonds is 19. The molecule has 1 unspecified atom stereocenters. The maximum absolute atomic E-state index is 12.7. The van der Waals surface area contributed by atoms with Crippen molar-refractivity contribution in [1.82, 2.24) is 0 Å². The number of hydrogen-bond donors (Lipinski definition) is 5. The molecule has 1 atom stereocenters. The molecule has 0 radical (unpaired) electrons. The Balaban J connectivity index is 1.59. The average molecular weight is 1010 g/mol. The van der Waals surface area contributed by atoms with E-state index in [1.165, 1.54) is 31.2 Å². The summed E-state index contributed by atoms with van der Waals surface area (Å²) in [5.74, 6) is -1.23. The molecule has 0 saturated heterocycles. The van der Waals surface area contributed by atoms with Gasteiger partial charge in [-0.05, 0) is 124 Å². The van der Waals surface area contributed by atoms with Crippen LogP contribution in [-0.2, 0) is 66.2 Å². The van der Waals surface area contributed by atoms with E-state index in [0.717, 1.165) is 6.07 Å². The molecule has 6 rings (SSSR count). The van der Waals surface area contributed by atoms with Crippen LogP contribution in [0.5, 0.6) is 0 Å². The van der Waals surface area contributed by atoms with E-state index in [0.29, 0.717) is 83.0 Å².